The Morgan fingerprint density at radius 1 is 0.966 bits per heavy atom. The number of aromatic nitrogens is 3. The molecule has 152 valence electrons. The minimum Gasteiger partial charge on any atom is -0.481 e. The van der Waals surface area contributed by atoms with E-state index in [9.17, 15) is 13.2 Å². The molecular weight excluding hydrogens is 389 g/mol. The fraction of sp³-hybridized carbons (Fsp3) is 0.211. The van der Waals surface area contributed by atoms with Crippen LogP contribution < -0.4 is 19.5 Å². The van der Waals surface area contributed by atoms with Crippen molar-refractivity contribution < 1.29 is 27.4 Å². The molecule has 0 aliphatic heterocycles. The number of hydrogen-bond donors (Lipinski definition) is 1. The van der Waals surface area contributed by atoms with Crippen LogP contribution in [-0.4, -0.2) is 29.2 Å². The van der Waals surface area contributed by atoms with Crippen LogP contribution in [-0.2, 0) is 12.7 Å². The molecule has 2 aromatic heterocycles. The van der Waals surface area contributed by atoms with Gasteiger partial charge < -0.3 is 19.5 Å². The number of methoxy groups -OCH3 is 2. The maximum atomic E-state index is 12.9. The number of benzene rings is 1. The van der Waals surface area contributed by atoms with Gasteiger partial charge >= 0.3 is 12.2 Å². The summed E-state index contributed by atoms with van der Waals surface area (Å²) >= 11 is 0. The van der Waals surface area contributed by atoms with Crippen LogP contribution in [0.3, 0.4) is 0 Å². The Balaban J connectivity index is 1.78. The number of nitrogens with one attached hydrogen (secondary N) is 1. The Morgan fingerprint density at radius 3 is 2.34 bits per heavy atom. The van der Waals surface area contributed by atoms with Gasteiger partial charge in [-0.15, -0.1) is 0 Å². The van der Waals surface area contributed by atoms with Crippen molar-refractivity contribution >= 4 is 5.69 Å². The molecule has 7 nitrogen and oxygen atoms in total. The van der Waals surface area contributed by atoms with Crippen LogP contribution in [0.15, 0.2) is 48.7 Å². The van der Waals surface area contributed by atoms with Crippen LogP contribution in [0.4, 0.5) is 18.9 Å². The molecule has 1 N–H and O–H groups in total. The van der Waals surface area contributed by atoms with E-state index < -0.39 is 11.7 Å². The summed E-state index contributed by atoms with van der Waals surface area (Å²) in [4.78, 5) is 12.3. The lowest BCUT2D eigenvalue weighted by Crippen LogP contribution is -2.07. The van der Waals surface area contributed by atoms with Crippen molar-refractivity contribution in [2.45, 2.75) is 12.7 Å². The zero-order valence-electron chi connectivity index (χ0n) is 15.5. The van der Waals surface area contributed by atoms with Gasteiger partial charge in [-0.2, -0.15) is 23.1 Å². The molecule has 29 heavy (non-hydrogen) atoms. The van der Waals surface area contributed by atoms with E-state index in [4.69, 9.17) is 14.2 Å². The number of anilines is 1. The van der Waals surface area contributed by atoms with Crippen molar-refractivity contribution in [3.05, 3.63) is 59.8 Å². The Labute approximate surface area is 164 Å². The van der Waals surface area contributed by atoms with Crippen LogP contribution in [0.25, 0.3) is 0 Å². The lowest BCUT2D eigenvalue weighted by molar-refractivity contribution is -0.137. The van der Waals surface area contributed by atoms with E-state index in [1.807, 2.05) is 0 Å². The zero-order valence-corrected chi connectivity index (χ0v) is 15.5. The van der Waals surface area contributed by atoms with E-state index in [1.54, 1.807) is 18.2 Å². The van der Waals surface area contributed by atoms with Gasteiger partial charge in [-0.1, -0.05) is 12.1 Å². The van der Waals surface area contributed by atoms with Crippen molar-refractivity contribution in [3.63, 3.8) is 0 Å². The Kier molecular flexibility index (Phi) is 6.01. The van der Waals surface area contributed by atoms with Gasteiger partial charge in [-0.05, 0) is 24.3 Å². The quantitative estimate of drug-likeness (QED) is 0.626. The molecule has 3 rings (SSSR count). The summed E-state index contributed by atoms with van der Waals surface area (Å²) in [5.41, 5.74) is 0.172. The number of nitrogens with zero attached hydrogens (tertiary/aromatic N) is 3. The van der Waals surface area contributed by atoms with Crippen LogP contribution in [0, 0.1) is 0 Å². The first kappa shape index (κ1) is 20.2. The van der Waals surface area contributed by atoms with Gasteiger partial charge in [-0.25, -0.2) is 4.98 Å². The first-order valence-electron chi connectivity index (χ1n) is 8.39. The molecule has 0 saturated heterocycles. The molecule has 0 amide bonds. The summed E-state index contributed by atoms with van der Waals surface area (Å²) in [6.45, 7) is 0.172. The van der Waals surface area contributed by atoms with Crippen molar-refractivity contribution in [3.8, 4) is 23.7 Å². The van der Waals surface area contributed by atoms with Gasteiger partial charge in [0.05, 0.1) is 25.8 Å². The lowest BCUT2D eigenvalue weighted by atomic mass is 10.2. The average Bonchev–Trinajstić information content (AvgIpc) is 2.72. The SMILES string of the molecule is COc1cc(OC)nc(Oc2ncccc2CNc2cccc(C(F)(F)F)c2)n1. The molecule has 10 heteroatoms. The third-order valence-electron chi connectivity index (χ3n) is 3.79. The average molecular weight is 406 g/mol. The molecule has 0 fully saturated rings. The monoisotopic (exact) mass is 406 g/mol. The summed E-state index contributed by atoms with van der Waals surface area (Å²) in [5.74, 6) is 0.681. The van der Waals surface area contributed by atoms with E-state index in [-0.39, 0.29) is 30.2 Å². The molecule has 0 aliphatic rings. The second-order valence-corrected chi connectivity index (χ2v) is 5.74. The third kappa shape index (κ3) is 5.24. The Hall–Kier alpha value is -3.56. The lowest BCUT2D eigenvalue weighted by Gasteiger charge is -2.13. The van der Waals surface area contributed by atoms with E-state index in [1.165, 1.54) is 32.5 Å². The predicted molar refractivity (Wildman–Crippen MR) is 98.2 cm³/mol. The highest BCUT2D eigenvalue weighted by Gasteiger charge is 2.30. The van der Waals surface area contributed by atoms with Crippen molar-refractivity contribution in [1.29, 1.82) is 0 Å². The predicted octanol–water partition coefficient (Wildman–Crippen LogP) is 4.31. The number of halogens is 3. The summed E-state index contributed by atoms with van der Waals surface area (Å²) in [7, 11) is 2.88. The highest BCUT2D eigenvalue weighted by molar-refractivity contribution is 5.47. The van der Waals surface area contributed by atoms with Crippen LogP contribution >= 0.6 is 0 Å². The van der Waals surface area contributed by atoms with Crippen LogP contribution in [0.5, 0.6) is 23.7 Å². The molecular formula is C19H17F3N4O3. The summed E-state index contributed by atoms with van der Waals surface area (Å²) in [6, 6.07) is 9.78. The summed E-state index contributed by atoms with van der Waals surface area (Å²) in [6.07, 6.45) is -2.90. The molecule has 0 radical (unpaired) electrons. The van der Waals surface area contributed by atoms with Gasteiger partial charge in [0.2, 0.25) is 17.6 Å². The van der Waals surface area contributed by atoms with E-state index in [0.29, 0.717) is 11.3 Å². The third-order valence-corrected chi connectivity index (χ3v) is 3.79. The highest BCUT2D eigenvalue weighted by atomic mass is 19.4. The van der Waals surface area contributed by atoms with E-state index in [0.717, 1.165) is 12.1 Å². The van der Waals surface area contributed by atoms with Gasteiger partial charge in [0.15, 0.2) is 0 Å². The maximum Gasteiger partial charge on any atom is 0.416 e. The zero-order chi connectivity index (χ0) is 20.9. The first-order chi connectivity index (χ1) is 13.9. The molecule has 0 unspecified atom stereocenters. The normalized spacial score (nSPS) is 11.1. The maximum absolute atomic E-state index is 12.9. The molecule has 1 aromatic carbocycles. The Bertz CT molecular complexity index is 961. The van der Waals surface area contributed by atoms with E-state index >= 15 is 0 Å². The fourth-order valence-electron chi connectivity index (χ4n) is 2.38. The highest BCUT2D eigenvalue weighted by Crippen LogP contribution is 2.31. The van der Waals surface area contributed by atoms with Gasteiger partial charge in [0.1, 0.15) is 0 Å². The molecule has 0 saturated carbocycles. The number of ether oxygens (including phenoxy) is 3. The summed E-state index contributed by atoms with van der Waals surface area (Å²) < 4.78 is 54.4. The summed E-state index contributed by atoms with van der Waals surface area (Å²) in [5, 5.41) is 2.93. The second kappa shape index (κ2) is 8.63. The smallest absolute Gasteiger partial charge is 0.416 e. The van der Waals surface area contributed by atoms with Crippen molar-refractivity contribution in [1.82, 2.24) is 15.0 Å². The molecule has 0 bridgehead atoms. The molecule has 0 atom stereocenters. The minimum atomic E-state index is -4.41. The van der Waals surface area contributed by atoms with Crippen molar-refractivity contribution in [2.24, 2.45) is 0 Å². The second-order valence-electron chi connectivity index (χ2n) is 5.74. The standard InChI is InChI=1S/C19H17F3N4O3/c1-27-15-10-16(28-2)26-18(25-15)29-17-12(5-4-8-23-17)11-24-14-7-3-6-13(9-14)19(20,21)22/h3-10,24H,11H2,1-2H3. The number of pyridine rings is 1. The topological polar surface area (TPSA) is 78.4 Å². The van der Waals surface area contributed by atoms with Gasteiger partial charge in [0.25, 0.3) is 0 Å². The largest absolute Gasteiger partial charge is 0.481 e. The molecule has 0 spiro atoms. The molecule has 3 aromatic rings. The fourth-order valence-corrected chi connectivity index (χ4v) is 2.38. The molecule has 2 heterocycles. The van der Waals surface area contributed by atoms with Gasteiger partial charge in [-0.3, -0.25) is 0 Å². The Morgan fingerprint density at radius 2 is 1.69 bits per heavy atom. The van der Waals surface area contributed by atoms with E-state index in [2.05, 4.69) is 20.3 Å². The number of rotatable bonds is 7. The number of hydrogen-bond acceptors (Lipinski definition) is 7. The van der Waals surface area contributed by atoms with Crippen LogP contribution in [0.1, 0.15) is 11.1 Å². The van der Waals surface area contributed by atoms with Crippen LogP contribution in [0.2, 0.25) is 0 Å². The number of alkyl halides is 3. The van der Waals surface area contributed by atoms with Crippen molar-refractivity contribution in [2.75, 3.05) is 19.5 Å². The first-order valence-corrected chi connectivity index (χ1v) is 8.39. The van der Waals surface area contributed by atoms with Gasteiger partial charge in [0, 0.05) is 24.0 Å². The molecule has 0 aliphatic carbocycles. The minimum absolute atomic E-state index is 0.0415.